The van der Waals surface area contributed by atoms with Crippen LogP contribution in [-0.2, 0) is 6.54 Å². The Morgan fingerprint density at radius 3 is 3.12 bits per heavy atom. The zero-order chi connectivity index (χ0) is 11.7. The molecule has 4 heteroatoms. The van der Waals surface area contributed by atoms with Crippen LogP contribution in [0, 0.1) is 0 Å². The predicted octanol–water partition coefficient (Wildman–Crippen LogP) is 0.825. The molecule has 2 N–H and O–H groups in total. The van der Waals surface area contributed by atoms with Gasteiger partial charge in [-0.25, -0.2) is 4.98 Å². The average molecular weight is 232 g/mol. The molecule has 3 rings (SSSR count). The molecule has 17 heavy (non-hydrogen) atoms. The fourth-order valence-electron chi connectivity index (χ4n) is 2.96. The minimum absolute atomic E-state index is 0.525. The summed E-state index contributed by atoms with van der Waals surface area (Å²) in [6, 6.07) is 6.90. The van der Waals surface area contributed by atoms with E-state index in [1.54, 1.807) is 0 Å². The van der Waals surface area contributed by atoms with E-state index in [1.807, 2.05) is 6.07 Å². The fourth-order valence-corrected chi connectivity index (χ4v) is 2.96. The van der Waals surface area contributed by atoms with Gasteiger partial charge in [0.25, 0.3) is 0 Å². The minimum Gasteiger partial charge on any atom is -0.354 e. The van der Waals surface area contributed by atoms with E-state index in [-0.39, 0.29) is 0 Å². The topological polar surface area (TPSA) is 45.4 Å². The van der Waals surface area contributed by atoms with Crippen LogP contribution >= 0.6 is 0 Å². The number of hydrogen-bond donors (Lipinski definition) is 1. The number of pyridine rings is 1. The third-order valence-corrected chi connectivity index (χ3v) is 3.91. The van der Waals surface area contributed by atoms with Gasteiger partial charge >= 0.3 is 0 Å². The Morgan fingerprint density at radius 1 is 1.29 bits per heavy atom. The van der Waals surface area contributed by atoms with Crippen LogP contribution in [0.25, 0.3) is 0 Å². The summed E-state index contributed by atoms with van der Waals surface area (Å²) in [7, 11) is 0. The van der Waals surface area contributed by atoms with Crippen molar-refractivity contribution in [3.63, 3.8) is 0 Å². The molecule has 0 aliphatic carbocycles. The molecule has 1 atom stereocenters. The lowest BCUT2D eigenvalue weighted by atomic mass is 10.1. The van der Waals surface area contributed by atoms with E-state index in [2.05, 4.69) is 26.9 Å². The Morgan fingerprint density at radius 2 is 2.24 bits per heavy atom. The minimum atomic E-state index is 0.525. The predicted molar refractivity (Wildman–Crippen MR) is 68.9 cm³/mol. The summed E-state index contributed by atoms with van der Waals surface area (Å²) in [4.78, 5) is 9.63. The molecule has 2 fully saturated rings. The maximum Gasteiger partial charge on any atom is 0.128 e. The number of hydrogen-bond acceptors (Lipinski definition) is 4. The number of fused-ring (bicyclic) bond motifs is 1. The van der Waals surface area contributed by atoms with E-state index in [1.165, 1.54) is 25.9 Å². The van der Waals surface area contributed by atoms with Crippen LogP contribution in [0.4, 0.5) is 5.82 Å². The van der Waals surface area contributed by atoms with Crippen LogP contribution in [-0.4, -0.2) is 42.1 Å². The number of rotatable bonds is 2. The van der Waals surface area contributed by atoms with Crippen molar-refractivity contribution >= 4 is 5.82 Å². The van der Waals surface area contributed by atoms with Gasteiger partial charge in [-0.2, -0.15) is 0 Å². The standard InChI is InChI=1S/C13H20N4/c14-9-11-3-1-5-13(15-11)17-8-7-16-6-2-4-12(16)10-17/h1,3,5,12H,2,4,6-10,14H2. The van der Waals surface area contributed by atoms with Gasteiger partial charge in [0.1, 0.15) is 5.82 Å². The van der Waals surface area contributed by atoms with Crippen LogP contribution in [0.2, 0.25) is 0 Å². The van der Waals surface area contributed by atoms with Crippen LogP contribution in [0.3, 0.4) is 0 Å². The molecular weight excluding hydrogens is 212 g/mol. The normalized spacial score (nSPS) is 25.0. The van der Waals surface area contributed by atoms with Gasteiger partial charge in [0.15, 0.2) is 0 Å². The second-order valence-electron chi connectivity index (χ2n) is 4.97. The largest absolute Gasteiger partial charge is 0.354 e. The molecule has 2 saturated heterocycles. The Kier molecular flexibility index (Phi) is 2.99. The first-order valence-corrected chi connectivity index (χ1v) is 6.52. The van der Waals surface area contributed by atoms with Crippen molar-refractivity contribution in [2.75, 3.05) is 31.1 Å². The van der Waals surface area contributed by atoms with Gasteiger partial charge in [0.2, 0.25) is 0 Å². The molecule has 92 valence electrons. The average Bonchev–Trinajstić information content (AvgIpc) is 2.86. The maximum atomic E-state index is 5.64. The third-order valence-electron chi connectivity index (χ3n) is 3.91. The SMILES string of the molecule is NCc1cccc(N2CCN3CCCC3C2)n1. The number of anilines is 1. The molecule has 0 aromatic carbocycles. The number of nitrogens with two attached hydrogens (primary N) is 1. The highest BCUT2D eigenvalue weighted by Gasteiger charge is 2.30. The molecule has 0 bridgehead atoms. The zero-order valence-corrected chi connectivity index (χ0v) is 10.2. The first-order chi connectivity index (χ1) is 8.36. The van der Waals surface area contributed by atoms with E-state index >= 15 is 0 Å². The van der Waals surface area contributed by atoms with Gasteiger partial charge in [-0.1, -0.05) is 6.07 Å². The molecule has 0 amide bonds. The number of nitrogens with zero attached hydrogens (tertiary/aromatic N) is 3. The Balaban J connectivity index is 1.75. The van der Waals surface area contributed by atoms with Crippen molar-refractivity contribution in [2.45, 2.75) is 25.4 Å². The zero-order valence-electron chi connectivity index (χ0n) is 10.2. The second kappa shape index (κ2) is 4.63. The van der Waals surface area contributed by atoms with Gasteiger partial charge in [0.05, 0.1) is 5.69 Å². The van der Waals surface area contributed by atoms with Crippen molar-refractivity contribution in [1.82, 2.24) is 9.88 Å². The molecule has 2 aliphatic heterocycles. The summed E-state index contributed by atoms with van der Waals surface area (Å²) in [5.41, 5.74) is 6.63. The molecule has 0 spiro atoms. The smallest absolute Gasteiger partial charge is 0.128 e. The van der Waals surface area contributed by atoms with Crippen LogP contribution in [0.5, 0.6) is 0 Å². The molecule has 1 aromatic rings. The van der Waals surface area contributed by atoms with Gasteiger partial charge in [0, 0.05) is 32.2 Å². The fraction of sp³-hybridized carbons (Fsp3) is 0.615. The summed E-state index contributed by atoms with van der Waals surface area (Å²) in [5, 5.41) is 0. The lowest BCUT2D eigenvalue weighted by Crippen LogP contribution is -2.50. The summed E-state index contributed by atoms with van der Waals surface area (Å²) in [6.45, 7) is 5.21. The lowest BCUT2D eigenvalue weighted by Gasteiger charge is -2.38. The quantitative estimate of drug-likeness (QED) is 0.820. The Hall–Kier alpha value is -1.13. The summed E-state index contributed by atoms with van der Waals surface area (Å²) in [6.07, 6.45) is 2.70. The Labute approximate surface area is 102 Å². The first-order valence-electron chi connectivity index (χ1n) is 6.52. The van der Waals surface area contributed by atoms with Gasteiger partial charge in [-0.15, -0.1) is 0 Å². The molecule has 1 unspecified atom stereocenters. The molecular formula is C13H20N4. The van der Waals surface area contributed by atoms with Crippen molar-refractivity contribution < 1.29 is 0 Å². The molecule has 2 aliphatic rings. The third kappa shape index (κ3) is 2.15. The molecule has 1 aromatic heterocycles. The van der Waals surface area contributed by atoms with E-state index < -0.39 is 0 Å². The highest BCUT2D eigenvalue weighted by Crippen LogP contribution is 2.24. The molecule has 4 nitrogen and oxygen atoms in total. The van der Waals surface area contributed by atoms with Crippen molar-refractivity contribution in [1.29, 1.82) is 0 Å². The maximum absolute atomic E-state index is 5.64. The van der Waals surface area contributed by atoms with E-state index in [0.29, 0.717) is 6.54 Å². The first kappa shape index (κ1) is 11.0. The number of aromatic nitrogens is 1. The van der Waals surface area contributed by atoms with E-state index in [9.17, 15) is 0 Å². The summed E-state index contributed by atoms with van der Waals surface area (Å²) >= 11 is 0. The second-order valence-corrected chi connectivity index (χ2v) is 4.97. The van der Waals surface area contributed by atoms with Gasteiger partial charge in [-0.05, 0) is 31.5 Å². The van der Waals surface area contributed by atoms with E-state index in [0.717, 1.165) is 30.6 Å². The number of piperazine rings is 1. The monoisotopic (exact) mass is 232 g/mol. The highest BCUT2D eigenvalue weighted by molar-refractivity contribution is 5.40. The van der Waals surface area contributed by atoms with Gasteiger partial charge < -0.3 is 10.6 Å². The van der Waals surface area contributed by atoms with Crippen LogP contribution in [0.15, 0.2) is 18.2 Å². The molecule has 3 heterocycles. The highest BCUT2D eigenvalue weighted by atomic mass is 15.3. The molecule has 0 radical (unpaired) electrons. The Bertz CT molecular complexity index is 393. The van der Waals surface area contributed by atoms with Crippen LogP contribution in [0.1, 0.15) is 18.5 Å². The summed E-state index contributed by atoms with van der Waals surface area (Å²) in [5.74, 6) is 1.10. The molecule has 0 saturated carbocycles. The lowest BCUT2D eigenvalue weighted by molar-refractivity contribution is 0.230. The summed E-state index contributed by atoms with van der Waals surface area (Å²) < 4.78 is 0. The van der Waals surface area contributed by atoms with Crippen LogP contribution < -0.4 is 10.6 Å². The van der Waals surface area contributed by atoms with Crippen molar-refractivity contribution in [2.24, 2.45) is 5.73 Å². The van der Waals surface area contributed by atoms with Gasteiger partial charge in [-0.3, -0.25) is 4.90 Å². The van der Waals surface area contributed by atoms with Crippen molar-refractivity contribution in [3.05, 3.63) is 23.9 Å². The van der Waals surface area contributed by atoms with Crippen molar-refractivity contribution in [3.8, 4) is 0 Å². The van der Waals surface area contributed by atoms with E-state index in [4.69, 9.17) is 5.73 Å².